The second kappa shape index (κ2) is 8.76. The normalized spacial score (nSPS) is 15.1. The summed E-state index contributed by atoms with van der Waals surface area (Å²) in [4.78, 5) is 8.55. The number of ether oxygens (including phenoxy) is 2. The van der Waals surface area contributed by atoms with Crippen LogP contribution in [0.25, 0.3) is 26.8 Å². The number of anilines is 1. The minimum atomic E-state index is -4.61. The van der Waals surface area contributed by atoms with Crippen LogP contribution in [0.3, 0.4) is 0 Å². The molecule has 0 bridgehead atoms. The number of hydrogen-bond donors (Lipinski definition) is 2. The molecule has 8 nitrogen and oxygen atoms in total. The maximum absolute atomic E-state index is 13.3. The van der Waals surface area contributed by atoms with Crippen molar-refractivity contribution in [1.82, 2.24) is 24.9 Å². The molecule has 1 aliphatic rings. The molecule has 0 amide bonds. The Hall–Kier alpha value is -3.38. The number of rotatable bonds is 5. The summed E-state index contributed by atoms with van der Waals surface area (Å²) in [6.07, 6.45) is 0.108. The number of nitrogen functional groups attached to an aromatic ring is 1. The van der Waals surface area contributed by atoms with Crippen LogP contribution in [0.4, 0.5) is 19.0 Å². The van der Waals surface area contributed by atoms with Crippen molar-refractivity contribution in [3.8, 4) is 33.3 Å². The quantitative estimate of drug-likeness (QED) is 0.431. The third-order valence-electron chi connectivity index (χ3n) is 5.60. The van der Waals surface area contributed by atoms with Crippen molar-refractivity contribution < 1.29 is 22.6 Å². The van der Waals surface area contributed by atoms with E-state index in [9.17, 15) is 13.2 Å². The lowest BCUT2D eigenvalue weighted by Gasteiger charge is -2.24. The molecule has 0 unspecified atom stereocenters. The molecule has 0 saturated carbocycles. The molecular weight excluding hydrogens is 469 g/mol. The summed E-state index contributed by atoms with van der Waals surface area (Å²) in [5.41, 5.74) is 5.81. The summed E-state index contributed by atoms with van der Waals surface area (Å²) in [5, 5.41) is 8.52. The van der Waals surface area contributed by atoms with Crippen molar-refractivity contribution in [2.75, 3.05) is 25.9 Å². The topological polar surface area (TPSA) is 99.6 Å². The highest BCUT2D eigenvalue weighted by atomic mass is 32.1. The molecule has 3 aromatic heterocycles. The molecule has 4 aromatic rings. The largest absolute Gasteiger partial charge is 0.493 e. The Morgan fingerprint density at radius 3 is 2.62 bits per heavy atom. The molecule has 1 aliphatic heterocycles. The first kappa shape index (κ1) is 22.4. The minimum absolute atomic E-state index is 0.127. The Balaban J connectivity index is 1.47. The van der Waals surface area contributed by atoms with E-state index in [2.05, 4.69) is 20.4 Å². The van der Waals surface area contributed by atoms with Crippen LogP contribution in [0.15, 0.2) is 36.7 Å². The van der Waals surface area contributed by atoms with Gasteiger partial charge in [0.1, 0.15) is 16.9 Å². The molecule has 1 fully saturated rings. The number of nitrogens with two attached hydrogens (primary N) is 1. The number of fused-ring (bicyclic) bond motifs is 1. The minimum Gasteiger partial charge on any atom is -0.493 e. The zero-order chi connectivity index (χ0) is 23.9. The predicted octanol–water partition coefficient (Wildman–Crippen LogP) is 4.26. The number of aromatic nitrogens is 4. The molecule has 178 valence electrons. The first-order valence-corrected chi connectivity index (χ1v) is 11.4. The Morgan fingerprint density at radius 2 is 1.88 bits per heavy atom. The lowest BCUT2D eigenvalue weighted by molar-refractivity contribution is -0.137. The molecule has 12 heteroatoms. The monoisotopic (exact) mass is 490 g/mol. The van der Waals surface area contributed by atoms with Crippen molar-refractivity contribution in [3.63, 3.8) is 0 Å². The second-order valence-electron chi connectivity index (χ2n) is 7.83. The van der Waals surface area contributed by atoms with E-state index in [1.54, 1.807) is 7.11 Å². The summed E-state index contributed by atoms with van der Waals surface area (Å²) in [6.45, 7) is 1.83. The van der Waals surface area contributed by atoms with E-state index < -0.39 is 17.6 Å². The highest BCUT2D eigenvalue weighted by Gasteiger charge is 2.34. The van der Waals surface area contributed by atoms with Gasteiger partial charge in [-0.15, -0.1) is 0 Å². The number of alkyl halides is 3. The summed E-state index contributed by atoms with van der Waals surface area (Å²) in [5.74, 6) is 0.671. The van der Waals surface area contributed by atoms with Crippen LogP contribution >= 0.6 is 11.3 Å². The van der Waals surface area contributed by atoms with Gasteiger partial charge in [0.2, 0.25) is 4.96 Å². The van der Waals surface area contributed by atoms with Crippen LogP contribution in [-0.2, 0) is 6.18 Å². The lowest BCUT2D eigenvalue weighted by atomic mass is 10.1. The lowest BCUT2D eigenvalue weighted by Crippen LogP contribution is -2.34. The number of methoxy groups -OCH3 is 1. The number of benzene rings is 1. The van der Waals surface area contributed by atoms with E-state index in [4.69, 9.17) is 15.2 Å². The highest BCUT2D eigenvalue weighted by molar-refractivity contribution is 7.19. The van der Waals surface area contributed by atoms with Gasteiger partial charge >= 0.3 is 6.18 Å². The zero-order valence-electron chi connectivity index (χ0n) is 18.1. The third-order valence-corrected chi connectivity index (χ3v) is 6.57. The van der Waals surface area contributed by atoms with Gasteiger partial charge in [0.15, 0.2) is 11.5 Å². The fourth-order valence-electron chi connectivity index (χ4n) is 3.84. The van der Waals surface area contributed by atoms with Crippen molar-refractivity contribution in [2.24, 2.45) is 0 Å². The summed E-state index contributed by atoms with van der Waals surface area (Å²) >= 11 is 1.31. The molecular formula is C22H21F3N6O2S. The number of pyridine rings is 1. The molecule has 1 saturated heterocycles. The smallest absolute Gasteiger partial charge is 0.419 e. The molecule has 34 heavy (non-hydrogen) atoms. The van der Waals surface area contributed by atoms with Gasteiger partial charge in [-0.3, -0.25) is 0 Å². The fourth-order valence-corrected chi connectivity index (χ4v) is 4.71. The van der Waals surface area contributed by atoms with Gasteiger partial charge in [0.25, 0.3) is 0 Å². The molecule has 4 heterocycles. The number of piperidine rings is 1. The number of imidazole rings is 1. The van der Waals surface area contributed by atoms with Crippen LogP contribution in [0.1, 0.15) is 18.4 Å². The van der Waals surface area contributed by atoms with Crippen molar-refractivity contribution in [3.05, 3.63) is 42.2 Å². The third kappa shape index (κ3) is 4.26. The SMILES string of the molecule is COc1cc(-c2nn3c(-c4cnc(N)c(C(F)(F)F)c4)cnc3s2)ccc1OC1CCNCC1. The molecule has 0 radical (unpaired) electrons. The van der Waals surface area contributed by atoms with E-state index >= 15 is 0 Å². The molecule has 0 atom stereocenters. The highest BCUT2D eigenvalue weighted by Crippen LogP contribution is 2.38. The van der Waals surface area contributed by atoms with E-state index in [-0.39, 0.29) is 11.7 Å². The fraction of sp³-hybridized carbons (Fsp3) is 0.318. The van der Waals surface area contributed by atoms with Crippen LogP contribution in [0.2, 0.25) is 0 Å². The first-order chi connectivity index (χ1) is 16.3. The Labute approximate surface area is 196 Å². The Bertz CT molecular complexity index is 1330. The summed E-state index contributed by atoms with van der Waals surface area (Å²) in [6, 6.07) is 6.52. The van der Waals surface area contributed by atoms with E-state index in [1.807, 2.05) is 18.2 Å². The number of hydrogen-bond acceptors (Lipinski definition) is 8. The molecule has 1 aromatic carbocycles. The average Bonchev–Trinajstić information content (AvgIpc) is 3.41. The average molecular weight is 491 g/mol. The molecule has 0 spiro atoms. The first-order valence-electron chi connectivity index (χ1n) is 10.6. The van der Waals surface area contributed by atoms with Crippen LogP contribution in [-0.4, -0.2) is 45.9 Å². The van der Waals surface area contributed by atoms with Crippen molar-refractivity contribution in [1.29, 1.82) is 0 Å². The maximum Gasteiger partial charge on any atom is 0.419 e. The van der Waals surface area contributed by atoms with Crippen LogP contribution in [0, 0.1) is 0 Å². The number of halogens is 3. The van der Waals surface area contributed by atoms with Gasteiger partial charge in [0, 0.05) is 17.3 Å². The number of nitrogens with one attached hydrogen (secondary N) is 1. The van der Waals surface area contributed by atoms with Crippen LogP contribution < -0.4 is 20.5 Å². The Kier molecular flexibility index (Phi) is 5.78. The molecule has 5 rings (SSSR count). The van der Waals surface area contributed by atoms with Crippen molar-refractivity contribution in [2.45, 2.75) is 25.1 Å². The number of nitrogens with zero attached hydrogens (tertiary/aromatic N) is 4. The Morgan fingerprint density at radius 1 is 1.09 bits per heavy atom. The molecule has 3 N–H and O–H groups in total. The molecule has 0 aliphatic carbocycles. The van der Waals surface area contributed by atoms with Gasteiger partial charge in [-0.1, -0.05) is 11.3 Å². The van der Waals surface area contributed by atoms with Gasteiger partial charge < -0.3 is 20.5 Å². The van der Waals surface area contributed by atoms with Gasteiger partial charge in [0.05, 0.1) is 24.6 Å². The maximum atomic E-state index is 13.3. The summed E-state index contributed by atoms with van der Waals surface area (Å²) in [7, 11) is 1.58. The van der Waals surface area contributed by atoms with E-state index in [0.717, 1.165) is 37.6 Å². The predicted molar refractivity (Wildman–Crippen MR) is 122 cm³/mol. The zero-order valence-corrected chi connectivity index (χ0v) is 18.9. The van der Waals surface area contributed by atoms with E-state index in [1.165, 1.54) is 28.2 Å². The van der Waals surface area contributed by atoms with E-state index in [0.29, 0.717) is 27.2 Å². The van der Waals surface area contributed by atoms with Gasteiger partial charge in [-0.2, -0.15) is 18.3 Å². The van der Waals surface area contributed by atoms with Crippen molar-refractivity contribution >= 4 is 22.1 Å². The summed E-state index contributed by atoms with van der Waals surface area (Å²) < 4.78 is 53.0. The van der Waals surface area contributed by atoms with Gasteiger partial charge in [-0.25, -0.2) is 14.5 Å². The standard InChI is InChI=1S/C22H21F3N6O2S/c1-32-18-9-12(2-3-17(18)33-14-4-6-27-7-5-14)20-30-31-16(11-29-21(31)34-20)13-8-15(22(23,24)25)19(26)28-10-13/h2-3,8-11,14,27H,4-7H2,1H3,(H2,26,28). The second-order valence-corrected chi connectivity index (χ2v) is 8.79. The van der Waals surface area contributed by atoms with Crippen LogP contribution in [0.5, 0.6) is 11.5 Å². The van der Waals surface area contributed by atoms with Gasteiger partial charge in [-0.05, 0) is 50.2 Å².